The molecule has 1 aliphatic heterocycles. The number of benzene rings is 1. The molecule has 64 valence electrons. The number of fused-ring (bicyclic) bond motifs is 1. The molecule has 0 saturated heterocycles. The average molecular weight is 164 g/mol. The Balaban J connectivity index is 2.42. The summed E-state index contributed by atoms with van der Waals surface area (Å²) < 4.78 is 5.40. The number of hydrogen-bond acceptors (Lipinski definition) is 3. The fourth-order valence-corrected chi connectivity index (χ4v) is 1.41. The van der Waals surface area contributed by atoms with E-state index in [9.17, 15) is 0 Å². The van der Waals surface area contributed by atoms with Crippen molar-refractivity contribution < 1.29 is 4.74 Å². The van der Waals surface area contributed by atoms with Crippen LogP contribution in [0.4, 0.5) is 0 Å². The number of rotatable bonds is 0. The summed E-state index contributed by atoms with van der Waals surface area (Å²) in [7, 11) is 0. The molecule has 1 aliphatic rings. The van der Waals surface area contributed by atoms with Crippen LogP contribution in [-0.4, -0.2) is 12.6 Å². The van der Waals surface area contributed by atoms with Gasteiger partial charge in [0.05, 0.1) is 12.1 Å². The van der Waals surface area contributed by atoms with Gasteiger partial charge in [-0.2, -0.15) is 0 Å². The predicted octanol–water partition coefficient (Wildman–Crippen LogP) is 0.406. The van der Waals surface area contributed by atoms with Gasteiger partial charge in [-0.25, -0.2) is 0 Å². The fraction of sp³-hybridized carbons (Fsp3) is 0.333. The van der Waals surface area contributed by atoms with Gasteiger partial charge < -0.3 is 16.2 Å². The summed E-state index contributed by atoms with van der Waals surface area (Å²) in [4.78, 5) is 0. The van der Waals surface area contributed by atoms with Gasteiger partial charge in [0.25, 0.3) is 0 Å². The minimum Gasteiger partial charge on any atom is -0.492 e. The molecule has 2 atom stereocenters. The molecule has 0 bridgehead atoms. The highest BCUT2D eigenvalue weighted by atomic mass is 16.5. The molecule has 2 rings (SSSR count). The van der Waals surface area contributed by atoms with Crippen molar-refractivity contribution in [2.24, 2.45) is 11.5 Å². The van der Waals surface area contributed by atoms with E-state index in [4.69, 9.17) is 16.2 Å². The summed E-state index contributed by atoms with van der Waals surface area (Å²) in [5, 5.41) is 0. The van der Waals surface area contributed by atoms with Crippen LogP contribution in [0.25, 0.3) is 0 Å². The molecule has 0 fully saturated rings. The van der Waals surface area contributed by atoms with E-state index in [-0.39, 0.29) is 12.1 Å². The first-order chi connectivity index (χ1) is 5.79. The van der Waals surface area contributed by atoms with Gasteiger partial charge in [0, 0.05) is 5.56 Å². The van der Waals surface area contributed by atoms with Crippen LogP contribution in [-0.2, 0) is 0 Å². The fourth-order valence-electron chi connectivity index (χ4n) is 1.41. The van der Waals surface area contributed by atoms with Crippen LogP contribution >= 0.6 is 0 Å². The molecule has 0 amide bonds. The highest BCUT2D eigenvalue weighted by Gasteiger charge is 2.24. The summed E-state index contributed by atoms with van der Waals surface area (Å²) in [6.45, 7) is 0.512. The first kappa shape index (κ1) is 7.58. The molecule has 0 radical (unpaired) electrons. The van der Waals surface area contributed by atoms with Crippen molar-refractivity contribution in [3.63, 3.8) is 0 Å². The van der Waals surface area contributed by atoms with Gasteiger partial charge in [-0.3, -0.25) is 0 Å². The third-order valence-electron chi connectivity index (χ3n) is 2.17. The summed E-state index contributed by atoms with van der Waals surface area (Å²) >= 11 is 0. The van der Waals surface area contributed by atoms with Crippen molar-refractivity contribution in [3.8, 4) is 5.75 Å². The zero-order valence-corrected chi connectivity index (χ0v) is 6.73. The lowest BCUT2D eigenvalue weighted by Gasteiger charge is -2.28. The molecule has 0 saturated carbocycles. The first-order valence-corrected chi connectivity index (χ1v) is 4.02. The van der Waals surface area contributed by atoms with E-state index in [1.165, 1.54) is 0 Å². The highest BCUT2D eigenvalue weighted by Crippen LogP contribution is 2.28. The number of para-hydroxylation sites is 1. The van der Waals surface area contributed by atoms with Crippen molar-refractivity contribution in [2.75, 3.05) is 6.61 Å². The van der Waals surface area contributed by atoms with Gasteiger partial charge in [0.2, 0.25) is 0 Å². The molecule has 0 aromatic heterocycles. The van der Waals surface area contributed by atoms with Crippen molar-refractivity contribution >= 4 is 0 Å². The van der Waals surface area contributed by atoms with Crippen molar-refractivity contribution in [1.29, 1.82) is 0 Å². The van der Waals surface area contributed by atoms with Gasteiger partial charge in [-0.15, -0.1) is 0 Å². The monoisotopic (exact) mass is 164 g/mol. The van der Waals surface area contributed by atoms with Gasteiger partial charge >= 0.3 is 0 Å². The van der Waals surface area contributed by atoms with Gasteiger partial charge in [-0.05, 0) is 6.07 Å². The van der Waals surface area contributed by atoms with Crippen molar-refractivity contribution in [3.05, 3.63) is 29.8 Å². The molecule has 0 aliphatic carbocycles. The Kier molecular flexibility index (Phi) is 1.75. The van der Waals surface area contributed by atoms with Crippen LogP contribution in [0.3, 0.4) is 0 Å². The predicted molar refractivity (Wildman–Crippen MR) is 46.8 cm³/mol. The van der Waals surface area contributed by atoms with E-state index in [0.717, 1.165) is 11.3 Å². The lowest BCUT2D eigenvalue weighted by molar-refractivity contribution is 0.241. The number of ether oxygens (including phenoxy) is 1. The third-order valence-corrected chi connectivity index (χ3v) is 2.17. The van der Waals surface area contributed by atoms with E-state index in [1.54, 1.807) is 0 Å². The molecule has 1 aromatic carbocycles. The maximum atomic E-state index is 5.88. The molecule has 3 heteroatoms. The maximum absolute atomic E-state index is 5.88. The summed E-state index contributed by atoms with van der Waals surface area (Å²) in [6.07, 6.45) is 0. The Morgan fingerprint density at radius 3 is 2.83 bits per heavy atom. The largest absolute Gasteiger partial charge is 0.492 e. The normalized spacial score (nSPS) is 27.5. The van der Waals surface area contributed by atoms with Gasteiger partial charge in [0.1, 0.15) is 12.4 Å². The second kappa shape index (κ2) is 2.77. The van der Waals surface area contributed by atoms with Gasteiger partial charge in [0.15, 0.2) is 0 Å². The Labute approximate surface area is 71.3 Å². The molecule has 1 aromatic rings. The second-order valence-corrected chi connectivity index (χ2v) is 3.04. The van der Waals surface area contributed by atoms with Crippen LogP contribution in [0.1, 0.15) is 11.6 Å². The van der Waals surface area contributed by atoms with E-state index >= 15 is 0 Å². The molecule has 3 nitrogen and oxygen atoms in total. The minimum atomic E-state index is -0.0880. The molecular weight excluding hydrogens is 152 g/mol. The third kappa shape index (κ3) is 1.07. The number of hydrogen-bond donors (Lipinski definition) is 2. The Morgan fingerprint density at radius 1 is 1.25 bits per heavy atom. The number of nitrogens with two attached hydrogens (primary N) is 2. The molecule has 2 unspecified atom stereocenters. The summed E-state index contributed by atoms with van der Waals surface area (Å²) in [5.41, 5.74) is 12.6. The highest BCUT2D eigenvalue weighted by molar-refractivity contribution is 5.38. The molecule has 1 heterocycles. The van der Waals surface area contributed by atoms with Crippen LogP contribution in [0.15, 0.2) is 24.3 Å². The Bertz CT molecular complexity index is 288. The van der Waals surface area contributed by atoms with Crippen molar-refractivity contribution in [1.82, 2.24) is 0 Å². The lowest BCUT2D eigenvalue weighted by Crippen LogP contribution is -2.42. The molecule has 4 N–H and O–H groups in total. The van der Waals surface area contributed by atoms with Crippen LogP contribution in [0.5, 0.6) is 5.75 Å². The van der Waals surface area contributed by atoms with Crippen molar-refractivity contribution in [2.45, 2.75) is 12.1 Å². The van der Waals surface area contributed by atoms with Crippen LogP contribution in [0, 0.1) is 0 Å². The zero-order valence-electron chi connectivity index (χ0n) is 6.73. The smallest absolute Gasteiger partial charge is 0.124 e. The average Bonchev–Trinajstić information content (AvgIpc) is 2.12. The van der Waals surface area contributed by atoms with E-state index in [2.05, 4.69) is 0 Å². The lowest BCUT2D eigenvalue weighted by atomic mass is 9.98. The van der Waals surface area contributed by atoms with Crippen LogP contribution in [0.2, 0.25) is 0 Å². The summed E-state index contributed by atoms with van der Waals surface area (Å²) in [5.74, 6) is 0.867. The summed E-state index contributed by atoms with van der Waals surface area (Å²) in [6, 6.07) is 7.58. The minimum absolute atomic E-state index is 0.0834. The van der Waals surface area contributed by atoms with E-state index in [1.807, 2.05) is 24.3 Å². The van der Waals surface area contributed by atoms with Gasteiger partial charge in [-0.1, -0.05) is 18.2 Å². The Hall–Kier alpha value is -1.06. The van der Waals surface area contributed by atoms with E-state index < -0.39 is 0 Å². The topological polar surface area (TPSA) is 61.3 Å². The zero-order chi connectivity index (χ0) is 8.55. The first-order valence-electron chi connectivity index (χ1n) is 4.02. The Morgan fingerprint density at radius 2 is 2.00 bits per heavy atom. The molecule has 0 spiro atoms. The molecular formula is C9H12N2O. The SMILES string of the molecule is NC1COc2ccccc2C1N. The standard InChI is InChI=1S/C9H12N2O/c10-7-5-12-8-4-2-1-3-6(8)9(7)11/h1-4,7,9H,5,10-11H2. The van der Waals surface area contributed by atoms with E-state index in [0.29, 0.717) is 6.61 Å². The maximum Gasteiger partial charge on any atom is 0.124 e. The quantitative estimate of drug-likeness (QED) is 0.583. The van der Waals surface area contributed by atoms with Crippen LogP contribution < -0.4 is 16.2 Å². The molecule has 12 heavy (non-hydrogen) atoms. The second-order valence-electron chi connectivity index (χ2n) is 3.04.